The first-order valence-electron chi connectivity index (χ1n) is 7.60. The van der Waals surface area contributed by atoms with Gasteiger partial charge in [0.25, 0.3) is 0 Å². The number of methoxy groups -OCH3 is 1. The van der Waals surface area contributed by atoms with E-state index < -0.39 is 11.4 Å². The zero-order valence-corrected chi connectivity index (χ0v) is 14.4. The summed E-state index contributed by atoms with van der Waals surface area (Å²) < 4.78 is 4.76. The van der Waals surface area contributed by atoms with Gasteiger partial charge in [0.1, 0.15) is 5.69 Å². The predicted molar refractivity (Wildman–Crippen MR) is 99.2 cm³/mol. The molecule has 3 aromatic rings. The Bertz CT molecular complexity index is 1100. The van der Waals surface area contributed by atoms with E-state index in [1.165, 1.54) is 7.11 Å². The number of hydrogen-bond acceptors (Lipinski definition) is 4. The number of H-pyrrole nitrogens is 1. The second-order valence-electron chi connectivity index (χ2n) is 5.40. The van der Waals surface area contributed by atoms with Crippen molar-refractivity contribution in [1.82, 2.24) is 4.98 Å². The van der Waals surface area contributed by atoms with Crippen LogP contribution in [0, 0.1) is 0 Å². The Balaban J connectivity index is 2.43. The average molecular weight is 369 g/mol. The summed E-state index contributed by atoms with van der Waals surface area (Å²) in [7, 11) is 1.21. The fraction of sp³-hybridized carbons (Fsp3) is 0.111. The Kier molecular flexibility index (Phi) is 4.93. The number of rotatable bonds is 4. The molecule has 0 aliphatic rings. The number of fused-ring (bicyclic) bond motifs is 1. The van der Waals surface area contributed by atoms with E-state index in [0.29, 0.717) is 21.5 Å². The van der Waals surface area contributed by atoms with Gasteiger partial charge in [0.05, 0.1) is 24.2 Å². The Morgan fingerprint density at radius 2 is 2.00 bits per heavy atom. The van der Waals surface area contributed by atoms with Crippen molar-refractivity contribution in [3.63, 3.8) is 0 Å². The van der Waals surface area contributed by atoms with E-state index in [0.717, 1.165) is 5.56 Å². The summed E-state index contributed by atoms with van der Waals surface area (Å²) >= 11 is 6.37. The highest BCUT2D eigenvalue weighted by Gasteiger charge is 2.20. The quantitative estimate of drug-likeness (QED) is 0.318. The van der Waals surface area contributed by atoms with Gasteiger partial charge in [0.15, 0.2) is 5.43 Å². The first kappa shape index (κ1) is 17.5. The van der Waals surface area contributed by atoms with Gasteiger partial charge in [-0.3, -0.25) is 4.79 Å². The van der Waals surface area contributed by atoms with Gasteiger partial charge in [0.2, 0.25) is 0 Å². The third-order valence-electron chi connectivity index (χ3n) is 3.97. The second-order valence-corrected chi connectivity index (χ2v) is 5.81. The zero-order chi connectivity index (χ0) is 18.7. The molecule has 0 atom stereocenters. The van der Waals surface area contributed by atoms with Gasteiger partial charge in [-0.2, -0.15) is 0 Å². The number of azide groups is 1. The molecule has 0 aliphatic heterocycles. The summed E-state index contributed by atoms with van der Waals surface area (Å²) in [5.74, 6) is -0.730. The standard InChI is InChI=1S/C18H13ClN4O3/c1-26-18(25)16-12(9-21-23-20)17(24)11-7-8-13(19)14(15(11)22-16)10-5-3-2-4-6-10/h2-8H,9H2,1H3,(H,22,24). The molecule has 3 rings (SSSR count). The third kappa shape index (κ3) is 3.01. The molecule has 0 saturated heterocycles. The lowest BCUT2D eigenvalue weighted by atomic mass is 9.99. The number of halogens is 1. The van der Waals surface area contributed by atoms with Gasteiger partial charge in [-0.1, -0.05) is 47.0 Å². The fourth-order valence-corrected chi connectivity index (χ4v) is 3.06. The topological polar surface area (TPSA) is 108 Å². The Morgan fingerprint density at radius 1 is 1.27 bits per heavy atom. The lowest BCUT2D eigenvalue weighted by molar-refractivity contribution is 0.0593. The van der Waals surface area contributed by atoms with Crippen molar-refractivity contribution in [2.75, 3.05) is 7.11 Å². The lowest BCUT2D eigenvalue weighted by Crippen LogP contribution is -2.19. The molecule has 7 nitrogen and oxygen atoms in total. The summed E-state index contributed by atoms with van der Waals surface area (Å²) in [6.45, 7) is -0.268. The summed E-state index contributed by atoms with van der Waals surface area (Å²) in [6.07, 6.45) is 0. The Hall–Kier alpha value is -3.28. The van der Waals surface area contributed by atoms with E-state index in [1.807, 2.05) is 30.3 Å². The minimum Gasteiger partial charge on any atom is -0.464 e. The van der Waals surface area contributed by atoms with Crippen molar-refractivity contribution in [3.05, 3.63) is 79.4 Å². The summed E-state index contributed by atoms with van der Waals surface area (Å²) in [5.41, 5.74) is 9.93. The molecular formula is C18H13ClN4O3. The number of aromatic amines is 1. The molecule has 0 bridgehead atoms. The van der Waals surface area contributed by atoms with Gasteiger partial charge in [0, 0.05) is 21.4 Å². The van der Waals surface area contributed by atoms with Crippen LogP contribution in [0.1, 0.15) is 16.1 Å². The first-order chi connectivity index (χ1) is 12.6. The van der Waals surface area contributed by atoms with Crippen LogP contribution in [0.4, 0.5) is 0 Å². The molecule has 0 unspecified atom stereocenters. The maximum Gasteiger partial charge on any atom is 0.354 e. The number of benzene rings is 2. The average Bonchev–Trinajstić information content (AvgIpc) is 2.67. The van der Waals surface area contributed by atoms with E-state index in [-0.39, 0.29) is 17.8 Å². The van der Waals surface area contributed by atoms with Crippen LogP contribution in [0.5, 0.6) is 0 Å². The highest BCUT2D eigenvalue weighted by atomic mass is 35.5. The van der Waals surface area contributed by atoms with Crippen LogP contribution in [-0.2, 0) is 11.3 Å². The molecule has 2 aromatic carbocycles. The van der Waals surface area contributed by atoms with Crippen LogP contribution in [0.25, 0.3) is 32.5 Å². The highest BCUT2D eigenvalue weighted by molar-refractivity contribution is 6.35. The molecule has 8 heteroatoms. The number of carbonyl (C=O) groups excluding carboxylic acids is 1. The van der Waals surface area contributed by atoms with Crippen LogP contribution in [0.2, 0.25) is 5.02 Å². The van der Waals surface area contributed by atoms with Gasteiger partial charge >= 0.3 is 5.97 Å². The Morgan fingerprint density at radius 3 is 2.65 bits per heavy atom. The smallest absolute Gasteiger partial charge is 0.354 e. The lowest BCUT2D eigenvalue weighted by Gasteiger charge is -2.13. The number of ether oxygens (including phenoxy) is 1. The first-order valence-corrected chi connectivity index (χ1v) is 7.98. The zero-order valence-electron chi connectivity index (χ0n) is 13.7. The molecule has 0 spiro atoms. The molecule has 0 saturated carbocycles. The SMILES string of the molecule is COC(=O)c1[nH]c2c(-c3ccccc3)c(Cl)ccc2c(=O)c1CN=[N+]=[N-]. The van der Waals surface area contributed by atoms with Gasteiger partial charge < -0.3 is 9.72 Å². The van der Waals surface area contributed by atoms with Crippen LogP contribution in [0.15, 0.2) is 52.4 Å². The molecule has 1 N–H and O–H groups in total. The van der Waals surface area contributed by atoms with Crippen LogP contribution >= 0.6 is 11.6 Å². The third-order valence-corrected chi connectivity index (χ3v) is 4.28. The van der Waals surface area contributed by atoms with Gasteiger partial charge in [-0.25, -0.2) is 4.79 Å². The fourth-order valence-electron chi connectivity index (χ4n) is 2.79. The highest BCUT2D eigenvalue weighted by Crippen LogP contribution is 2.33. The number of pyridine rings is 1. The number of esters is 1. The maximum absolute atomic E-state index is 12.9. The molecule has 0 aliphatic carbocycles. The Labute approximate surface area is 152 Å². The molecule has 0 radical (unpaired) electrons. The summed E-state index contributed by atoms with van der Waals surface area (Å²) in [6, 6.07) is 12.5. The number of nitrogens with one attached hydrogen (secondary N) is 1. The maximum atomic E-state index is 12.9. The summed E-state index contributed by atoms with van der Waals surface area (Å²) in [4.78, 5) is 30.7. The van der Waals surface area contributed by atoms with E-state index in [9.17, 15) is 9.59 Å². The molecule has 1 aromatic heterocycles. The van der Waals surface area contributed by atoms with Gasteiger partial charge in [-0.15, -0.1) is 0 Å². The molecule has 130 valence electrons. The van der Waals surface area contributed by atoms with Crippen LogP contribution in [-0.4, -0.2) is 18.1 Å². The minimum atomic E-state index is -0.730. The number of aromatic nitrogens is 1. The van der Waals surface area contributed by atoms with E-state index >= 15 is 0 Å². The number of nitrogens with zero attached hydrogens (tertiary/aromatic N) is 3. The monoisotopic (exact) mass is 368 g/mol. The molecule has 0 fully saturated rings. The number of carbonyl (C=O) groups is 1. The largest absolute Gasteiger partial charge is 0.464 e. The van der Waals surface area contributed by atoms with Crippen LogP contribution < -0.4 is 5.43 Å². The molecule has 26 heavy (non-hydrogen) atoms. The molecule has 0 amide bonds. The minimum absolute atomic E-state index is 0.0449. The van der Waals surface area contributed by atoms with Crippen molar-refractivity contribution in [1.29, 1.82) is 0 Å². The van der Waals surface area contributed by atoms with Crippen molar-refractivity contribution in [2.24, 2.45) is 5.11 Å². The van der Waals surface area contributed by atoms with Crippen molar-refractivity contribution >= 4 is 28.5 Å². The van der Waals surface area contributed by atoms with E-state index in [1.54, 1.807) is 12.1 Å². The van der Waals surface area contributed by atoms with Crippen LogP contribution in [0.3, 0.4) is 0 Å². The van der Waals surface area contributed by atoms with Crippen molar-refractivity contribution < 1.29 is 9.53 Å². The van der Waals surface area contributed by atoms with Gasteiger partial charge in [-0.05, 0) is 23.2 Å². The van der Waals surface area contributed by atoms with Crippen molar-refractivity contribution in [3.8, 4) is 11.1 Å². The summed E-state index contributed by atoms with van der Waals surface area (Å²) in [5, 5.41) is 4.18. The number of hydrogen-bond donors (Lipinski definition) is 1. The second kappa shape index (κ2) is 7.31. The van der Waals surface area contributed by atoms with E-state index in [2.05, 4.69) is 15.0 Å². The molecule has 1 heterocycles. The molecular weight excluding hydrogens is 356 g/mol. The van der Waals surface area contributed by atoms with E-state index in [4.69, 9.17) is 21.9 Å². The van der Waals surface area contributed by atoms with Crippen molar-refractivity contribution in [2.45, 2.75) is 6.54 Å². The predicted octanol–water partition coefficient (Wildman–Crippen LogP) is 4.45. The normalized spacial score (nSPS) is 10.4.